The van der Waals surface area contributed by atoms with Gasteiger partial charge in [0.25, 0.3) is 0 Å². The molecule has 0 amide bonds. The monoisotopic (exact) mass is 372 g/mol. The van der Waals surface area contributed by atoms with E-state index in [0.717, 1.165) is 49.9 Å². The van der Waals surface area contributed by atoms with Gasteiger partial charge in [-0.3, -0.25) is 4.90 Å². The van der Waals surface area contributed by atoms with Crippen LogP contribution in [-0.2, 0) is 31.4 Å². The van der Waals surface area contributed by atoms with E-state index in [1.165, 1.54) is 11.1 Å². The Hall–Kier alpha value is -1.89. The predicted molar refractivity (Wildman–Crippen MR) is 107 cm³/mol. The summed E-state index contributed by atoms with van der Waals surface area (Å²) in [5.41, 5.74) is 4.84. The number of methoxy groups -OCH3 is 1. The second-order valence-corrected chi connectivity index (χ2v) is 7.52. The zero-order valence-corrected chi connectivity index (χ0v) is 17.2. The molecule has 1 aromatic heterocycles. The molecule has 0 aliphatic carbocycles. The Bertz CT molecular complexity index is 749. The van der Waals surface area contributed by atoms with E-state index in [0.29, 0.717) is 12.2 Å². The van der Waals surface area contributed by atoms with Crippen LogP contribution < -0.4 is 10.1 Å². The minimum atomic E-state index is 0.292. The highest BCUT2D eigenvalue weighted by molar-refractivity contribution is 5.31. The maximum Gasteiger partial charge on any atom is 0.216 e. The number of hydrogen-bond acceptors (Lipinski definition) is 5. The summed E-state index contributed by atoms with van der Waals surface area (Å²) in [4.78, 5) is 2.49. The maximum atomic E-state index is 5.86. The fourth-order valence-electron chi connectivity index (χ4n) is 4.00. The quantitative estimate of drug-likeness (QED) is 0.810. The first kappa shape index (κ1) is 19.9. The molecule has 2 atom stereocenters. The predicted octanol–water partition coefficient (Wildman–Crippen LogP) is 2.64. The third-order valence-corrected chi connectivity index (χ3v) is 5.11. The van der Waals surface area contributed by atoms with E-state index in [-0.39, 0.29) is 0 Å². The molecule has 2 unspecified atom stereocenters. The summed E-state index contributed by atoms with van der Waals surface area (Å²) in [6.45, 7) is 10.8. The van der Waals surface area contributed by atoms with Gasteiger partial charge in [0.15, 0.2) is 0 Å². The molecule has 0 spiro atoms. The molecule has 6 heteroatoms. The van der Waals surface area contributed by atoms with Crippen LogP contribution in [0.3, 0.4) is 0 Å². The Kier molecular flexibility index (Phi) is 6.52. The van der Waals surface area contributed by atoms with Crippen molar-refractivity contribution in [3.05, 3.63) is 46.6 Å². The Morgan fingerprint density at radius 1 is 1.15 bits per heavy atom. The van der Waals surface area contributed by atoms with Gasteiger partial charge in [-0.05, 0) is 31.9 Å². The molecule has 2 aromatic rings. The topological polar surface area (TPSA) is 51.6 Å². The van der Waals surface area contributed by atoms with Crippen molar-refractivity contribution in [3.8, 4) is 5.88 Å². The van der Waals surface area contributed by atoms with Crippen molar-refractivity contribution in [1.29, 1.82) is 0 Å². The standard InChI is InChI=1S/C21H32N4O2/c1-15-12-25(13-16(2)27-15)14-19-9-7-6-8-18(19)10-22-11-20-17(3)23-24(4)21(20)26-5/h6-9,15-16,22H,10-14H2,1-5H3. The highest BCUT2D eigenvalue weighted by atomic mass is 16.5. The van der Waals surface area contributed by atoms with Crippen LogP contribution in [0.1, 0.15) is 36.2 Å². The van der Waals surface area contributed by atoms with Gasteiger partial charge in [-0.1, -0.05) is 24.3 Å². The van der Waals surface area contributed by atoms with Crippen molar-refractivity contribution in [2.45, 2.75) is 52.6 Å². The number of aryl methyl sites for hydroxylation is 2. The van der Waals surface area contributed by atoms with Crippen molar-refractivity contribution in [2.75, 3.05) is 20.2 Å². The first-order chi connectivity index (χ1) is 13.0. The van der Waals surface area contributed by atoms with Crippen molar-refractivity contribution < 1.29 is 9.47 Å². The SMILES string of the molecule is COc1c(CNCc2ccccc2CN2CC(C)OC(C)C2)c(C)nn1C. The molecule has 1 aliphatic heterocycles. The molecule has 148 valence electrons. The minimum absolute atomic E-state index is 0.292. The Morgan fingerprint density at radius 2 is 1.81 bits per heavy atom. The molecule has 1 fully saturated rings. The summed E-state index contributed by atoms with van der Waals surface area (Å²) in [5, 5.41) is 8.02. The zero-order chi connectivity index (χ0) is 19.4. The van der Waals surface area contributed by atoms with Gasteiger partial charge in [-0.15, -0.1) is 0 Å². The van der Waals surface area contributed by atoms with Crippen LogP contribution >= 0.6 is 0 Å². The molecular formula is C21H32N4O2. The van der Waals surface area contributed by atoms with Gasteiger partial charge in [0.05, 0.1) is 30.6 Å². The molecule has 1 aliphatic rings. The van der Waals surface area contributed by atoms with Crippen LogP contribution in [-0.4, -0.2) is 47.1 Å². The first-order valence-electron chi connectivity index (χ1n) is 9.69. The number of nitrogens with one attached hydrogen (secondary N) is 1. The number of rotatable bonds is 7. The lowest BCUT2D eigenvalue weighted by Gasteiger charge is -2.35. The Labute approximate surface area is 162 Å². The number of aromatic nitrogens is 2. The smallest absolute Gasteiger partial charge is 0.216 e. The molecular weight excluding hydrogens is 340 g/mol. The average Bonchev–Trinajstić information content (AvgIpc) is 2.88. The molecule has 1 saturated heterocycles. The molecule has 1 aromatic carbocycles. The summed E-state index contributed by atoms with van der Waals surface area (Å²) in [5.74, 6) is 0.824. The third kappa shape index (κ3) is 4.89. The van der Waals surface area contributed by atoms with Gasteiger partial charge in [0.2, 0.25) is 5.88 Å². The van der Waals surface area contributed by atoms with Gasteiger partial charge >= 0.3 is 0 Å². The van der Waals surface area contributed by atoms with Crippen LogP contribution in [0.2, 0.25) is 0 Å². The van der Waals surface area contributed by atoms with Crippen LogP contribution in [0, 0.1) is 6.92 Å². The molecule has 0 radical (unpaired) electrons. The molecule has 0 bridgehead atoms. The zero-order valence-electron chi connectivity index (χ0n) is 17.2. The molecule has 1 N–H and O–H groups in total. The average molecular weight is 373 g/mol. The molecule has 3 rings (SSSR count). The second kappa shape index (κ2) is 8.87. The Morgan fingerprint density at radius 3 is 2.48 bits per heavy atom. The van der Waals surface area contributed by atoms with E-state index in [1.807, 2.05) is 14.0 Å². The molecule has 0 saturated carbocycles. The lowest BCUT2D eigenvalue weighted by Crippen LogP contribution is -2.45. The van der Waals surface area contributed by atoms with Crippen molar-refractivity contribution in [3.63, 3.8) is 0 Å². The van der Waals surface area contributed by atoms with E-state index in [1.54, 1.807) is 11.8 Å². The van der Waals surface area contributed by atoms with E-state index in [2.05, 4.69) is 53.4 Å². The van der Waals surface area contributed by atoms with Gasteiger partial charge in [-0.2, -0.15) is 5.10 Å². The fourth-order valence-corrected chi connectivity index (χ4v) is 4.00. The Balaban J connectivity index is 1.63. The largest absolute Gasteiger partial charge is 0.481 e. The maximum absolute atomic E-state index is 5.86. The third-order valence-electron chi connectivity index (χ3n) is 5.11. The first-order valence-corrected chi connectivity index (χ1v) is 9.69. The van der Waals surface area contributed by atoms with Gasteiger partial charge < -0.3 is 14.8 Å². The van der Waals surface area contributed by atoms with Crippen molar-refractivity contribution in [2.24, 2.45) is 7.05 Å². The molecule has 2 heterocycles. The lowest BCUT2D eigenvalue weighted by atomic mass is 10.1. The summed E-state index contributed by atoms with van der Waals surface area (Å²) < 4.78 is 13.1. The number of morpholine rings is 1. The van der Waals surface area contributed by atoms with Crippen molar-refractivity contribution in [1.82, 2.24) is 20.0 Å². The van der Waals surface area contributed by atoms with Crippen LogP contribution in [0.15, 0.2) is 24.3 Å². The number of benzene rings is 1. The van der Waals surface area contributed by atoms with Crippen LogP contribution in [0.4, 0.5) is 0 Å². The highest BCUT2D eigenvalue weighted by Crippen LogP contribution is 2.21. The van der Waals surface area contributed by atoms with E-state index in [9.17, 15) is 0 Å². The van der Waals surface area contributed by atoms with Crippen molar-refractivity contribution >= 4 is 0 Å². The van der Waals surface area contributed by atoms with E-state index < -0.39 is 0 Å². The second-order valence-electron chi connectivity index (χ2n) is 7.52. The highest BCUT2D eigenvalue weighted by Gasteiger charge is 2.22. The van der Waals surface area contributed by atoms with Gasteiger partial charge in [-0.25, -0.2) is 4.68 Å². The number of ether oxygens (including phenoxy) is 2. The van der Waals surface area contributed by atoms with Gasteiger partial charge in [0, 0.05) is 39.8 Å². The van der Waals surface area contributed by atoms with Crippen LogP contribution in [0.5, 0.6) is 5.88 Å². The molecule has 6 nitrogen and oxygen atoms in total. The summed E-state index contributed by atoms with van der Waals surface area (Å²) >= 11 is 0. The van der Waals surface area contributed by atoms with E-state index >= 15 is 0 Å². The van der Waals surface area contributed by atoms with E-state index in [4.69, 9.17) is 9.47 Å². The number of hydrogen-bond donors (Lipinski definition) is 1. The minimum Gasteiger partial charge on any atom is -0.481 e. The summed E-state index contributed by atoms with van der Waals surface area (Å²) in [6, 6.07) is 8.68. The summed E-state index contributed by atoms with van der Waals surface area (Å²) in [7, 11) is 3.61. The van der Waals surface area contributed by atoms with Gasteiger partial charge in [0.1, 0.15) is 0 Å². The van der Waals surface area contributed by atoms with Crippen LogP contribution in [0.25, 0.3) is 0 Å². The lowest BCUT2D eigenvalue weighted by molar-refractivity contribution is -0.0705. The fraction of sp³-hybridized carbons (Fsp3) is 0.571. The molecule has 27 heavy (non-hydrogen) atoms. The normalized spacial score (nSPS) is 20.8. The summed E-state index contributed by atoms with van der Waals surface area (Å²) in [6.07, 6.45) is 0.583. The number of nitrogens with zero attached hydrogens (tertiary/aromatic N) is 3.